The van der Waals surface area contributed by atoms with Crippen molar-refractivity contribution in [1.29, 1.82) is 0 Å². The average molecular weight is 327 g/mol. The highest BCUT2D eigenvalue weighted by Crippen LogP contribution is 2.33. The Kier molecular flexibility index (Phi) is 3.53. The van der Waals surface area contributed by atoms with Gasteiger partial charge in [-0.15, -0.1) is 0 Å². The Balaban J connectivity index is 1.49. The summed E-state index contributed by atoms with van der Waals surface area (Å²) in [5.41, 5.74) is -0.178. The van der Waals surface area contributed by atoms with Crippen LogP contribution in [0.25, 0.3) is 0 Å². The Hall–Kier alpha value is -2.41. The van der Waals surface area contributed by atoms with Crippen molar-refractivity contribution in [3.63, 3.8) is 0 Å². The van der Waals surface area contributed by atoms with E-state index in [1.165, 1.54) is 10.6 Å². The molecule has 2 aliphatic rings. The van der Waals surface area contributed by atoms with E-state index >= 15 is 0 Å². The van der Waals surface area contributed by atoms with Crippen LogP contribution in [-0.4, -0.2) is 55.5 Å². The number of carbonyl (C=O) groups excluding carboxylic acids is 1. The number of likely N-dealkylation sites (tertiary alicyclic amines) is 1. The molecule has 4 rings (SSSR count). The molecule has 1 unspecified atom stereocenters. The Labute approximate surface area is 140 Å². The predicted octanol–water partition coefficient (Wildman–Crippen LogP) is 0.162. The molecule has 2 aromatic rings. The lowest BCUT2D eigenvalue weighted by Crippen LogP contribution is -2.55. The molecular weight excluding hydrogens is 306 g/mol. The minimum absolute atomic E-state index is 0.00463. The quantitative estimate of drug-likeness (QED) is 0.788. The van der Waals surface area contributed by atoms with Gasteiger partial charge in [-0.1, -0.05) is 6.07 Å². The lowest BCUT2D eigenvalue weighted by atomic mass is 9.94. The van der Waals surface area contributed by atoms with Crippen molar-refractivity contribution in [2.75, 3.05) is 20.1 Å². The van der Waals surface area contributed by atoms with Crippen LogP contribution in [0, 0.1) is 0 Å². The number of nitrogens with zero attached hydrogens (tertiary/aromatic N) is 5. The fourth-order valence-electron chi connectivity index (χ4n) is 3.80. The summed E-state index contributed by atoms with van der Waals surface area (Å²) in [4.78, 5) is 33.0. The highest BCUT2D eigenvalue weighted by molar-refractivity contribution is 5.76. The largest absolute Gasteiger partial charge is 0.339 e. The van der Waals surface area contributed by atoms with Gasteiger partial charge in [0, 0.05) is 44.3 Å². The van der Waals surface area contributed by atoms with Crippen LogP contribution in [0.1, 0.15) is 12.2 Å². The number of amides is 1. The average Bonchev–Trinajstić information content (AvgIpc) is 3.18. The molecule has 0 N–H and O–H groups in total. The van der Waals surface area contributed by atoms with Crippen LogP contribution < -0.4 is 5.56 Å². The third-order valence-corrected chi connectivity index (χ3v) is 5.34. The fraction of sp³-hybridized carbons (Fsp3) is 0.471. The summed E-state index contributed by atoms with van der Waals surface area (Å²) >= 11 is 0. The van der Waals surface area contributed by atoms with Gasteiger partial charge in [0.05, 0.1) is 12.1 Å². The fourth-order valence-corrected chi connectivity index (χ4v) is 3.80. The standard InChI is InChI=1S/C17H21N5O2/c1-19-10-14-18-6-9-21(14)12-17(19)5-8-22(13-17)16(24)11-20-7-3-2-4-15(20)23/h2-4,6-7,9H,5,8,10-13H2,1H3. The van der Waals surface area contributed by atoms with Crippen LogP contribution in [0.3, 0.4) is 0 Å². The summed E-state index contributed by atoms with van der Waals surface area (Å²) in [7, 11) is 2.11. The van der Waals surface area contributed by atoms with Crippen molar-refractivity contribution in [3.05, 3.63) is 53.0 Å². The van der Waals surface area contributed by atoms with E-state index < -0.39 is 0 Å². The van der Waals surface area contributed by atoms with Crippen molar-refractivity contribution < 1.29 is 4.79 Å². The second-order valence-electron chi connectivity index (χ2n) is 6.78. The molecule has 4 heterocycles. The molecule has 2 aromatic heterocycles. The van der Waals surface area contributed by atoms with Crippen molar-refractivity contribution in [2.24, 2.45) is 0 Å². The molecular formula is C17H21N5O2. The van der Waals surface area contributed by atoms with Crippen LogP contribution in [0.4, 0.5) is 0 Å². The molecule has 126 valence electrons. The Bertz CT molecular complexity index is 826. The summed E-state index contributed by atoms with van der Waals surface area (Å²) < 4.78 is 3.65. The smallest absolute Gasteiger partial charge is 0.250 e. The summed E-state index contributed by atoms with van der Waals surface area (Å²) in [5.74, 6) is 1.08. The summed E-state index contributed by atoms with van der Waals surface area (Å²) in [5, 5.41) is 0. The van der Waals surface area contributed by atoms with Gasteiger partial charge < -0.3 is 14.0 Å². The third-order valence-electron chi connectivity index (χ3n) is 5.34. The van der Waals surface area contributed by atoms with E-state index in [1.807, 2.05) is 17.3 Å². The number of imidazole rings is 1. The van der Waals surface area contributed by atoms with Gasteiger partial charge in [-0.3, -0.25) is 14.5 Å². The summed E-state index contributed by atoms with van der Waals surface area (Å²) in [6.07, 6.45) is 6.45. The zero-order valence-electron chi connectivity index (χ0n) is 13.8. The summed E-state index contributed by atoms with van der Waals surface area (Å²) in [6.45, 7) is 3.19. The Morgan fingerprint density at radius 1 is 1.29 bits per heavy atom. The number of pyridine rings is 1. The highest BCUT2D eigenvalue weighted by atomic mass is 16.2. The van der Waals surface area contributed by atoms with E-state index in [4.69, 9.17) is 0 Å². The molecule has 7 nitrogen and oxygen atoms in total. The van der Waals surface area contributed by atoms with E-state index in [0.717, 1.165) is 31.9 Å². The molecule has 0 aliphatic carbocycles. The van der Waals surface area contributed by atoms with Gasteiger partial charge in [0.25, 0.3) is 5.56 Å². The van der Waals surface area contributed by atoms with Gasteiger partial charge in [-0.25, -0.2) is 4.98 Å². The molecule has 2 aliphatic heterocycles. The molecule has 7 heteroatoms. The molecule has 1 amide bonds. The third kappa shape index (κ3) is 2.45. The SMILES string of the molecule is CN1Cc2nccn2CC12CCN(C(=O)Cn1ccccc1=O)C2. The topological polar surface area (TPSA) is 63.4 Å². The second-order valence-corrected chi connectivity index (χ2v) is 6.78. The maximum atomic E-state index is 12.6. The maximum Gasteiger partial charge on any atom is 0.250 e. The number of hydrogen-bond acceptors (Lipinski definition) is 4. The van der Waals surface area contributed by atoms with E-state index in [2.05, 4.69) is 21.5 Å². The molecule has 1 saturated heterocycles. The first-order valence-corrected chi connectivity index (χ1v) is 8.22. The first-order chi connectivity index (χ1) is 11.6. The van der Waals surface area contributed by atoms with Crippen molar-refractivity contribution in [1.82, 2.24) is 23.9 Å². The number of carbonyl (C=O) groups is 1. The minimum Gasteiger partial charge on any atom is -0.339 e. The molecule has 0 bridgehead atoms. The van der Waals surface area contributed by atoms with Crippen molar-refractivity contribution >= 4 is 5.91 Å². The van der Waals surface area contributed by atoms with Crippen LogP contribution in [0.15, 0.2) is 41.6 Å². The zero-order chi connectivity index (χ0) is 16.7. The van der Waals surface area contributed by atoms with Gasteiger partial charge >= 0.3 is 0 Å². The summed E-state index contributed by atoms with van der Waals surface area (Å²) in [6, 6.07) is 4.94. The van der Waals surface area contributed by atoms with Gasteiger partial charge in [0.15, 0.2) is 0 Å². The number of fused-ring (bicyclic) bond motifs is 1. The van der Waals surface area contributed by atoms with E-state index in [1.54, 1.807) is 18.3 Å². The van der Waals surface area contributed by atoms with E-state index in [9.17, 15) is 9.59 Å². The van der Waals surface area contributed by atoms with Crippen LogP contribution in [0.2, 0.25) is 0 Å². The highest BCUT2D eigenvalue weighted by Gasteiger charge is 2.45. The van der Waals surface area contributed by atoms with Gasteiger partial charge in [-0.05, 0) is 19.5 Å². The molecule has 1 spiro atoms. The molecule has 24 heavy (non-hydrogen) atoms. The zero-order valence-corrected chi connectivity index (χ0v) is 13.8. The number of likely N-dealkylation sites (N-methyl/N-ethyl adjacent to an activating group) is 1. The van der Waals surface area contributed by atoms with Crippen LogP contribution in [0.5, 0.6) is 0 Å². The predicted molar refractivity (Wildman–Crippen MR) is 88.3 cm³/mol. The lowest BCUT2D eigenvalue weighted by Gasteiger charge is -2.42. The molecule has 1 atom stereocenters. The first-order valence-electron chi connectivity index (χ1n) is 8.22. The van der Waals surface area contributed by atoms with E-state index in [0.29, 0.717) is 6.54 Å². The lowest BCUT2D eigenvalue weighted by molar-refractivity contribution is -0.131. The normalized spacial score (nSPS) is 23.6. The molecule has 0 aromatic carbocycles. The van der Waals surface area contributed by atoms with Crippen LogP contribution in [-0.2, 0) is 24.4 Å². The Morgan fingerprint density at radius 2 is 2.17 bits per heavy atom. The van der Waals surface area contributed by atoms with Crippen LogP contribution >= 0.6 is 0 Å². The molecule has 0 saturated carbocycles. The maximum absolute atomic E-state index is 12.6. The van der Waals surface area contributed by atoms with Gasteiger partial charge in [-0.2, -0.15) is 0 Å². The van der Waals surface area contributed by atoms with Gasteiger partial charge in [0.2, 0.25) is 5.91 Å². The first kappa shape index (κ1) is 15.1. The van der Waals surface area contributed by atoms with Gasteiger partial charge in [0.1, 0.15) is 12.4 Å². The second kappa shape index (κ2) is 5.59. The number of hydrogen-bond donors (Lipinski definition) is 0. The Morgan fingerprint density at radius 3 is 3.00 bits per heavy atom. The number of rotatable bonds is 2. The monoisotopic (exact) mass is 327 g/mol. The number of aromatic nitrogens is 3. The van der Waals surface area contributed by atoms with Crippen molar-refractivity contribution in [2.45, 2.75) is 31.6 Å². The molecule has 0 radical (unpaired) electrons. The van der Waals surface area contributed by atoms with Crippen molar-refractivity contribution in [3.8, 4) is 0 Å². The molecule has 1 fully saturated rings. The minimum atomic E-state index is -0.141. The van der Waals surface area contributed by atoms with E-state index in [-0.39, 0.29) is 23.6 Å².